The number of nitrogens with zero attached hydrogens (tertiary/aromatic N) is 4. The summed E-state index contributed by atoms with van der Waals surface area (Å²) in [6.45, 7) is 0.212. The first-order valence-electron chi connectivity index (χ1n) is 6.00. The third kappa shape index (κ3) is 2.27. The van der Waals surface area contributed by atoms with Crippen LogP contribution >= 0.6 is 11.6 Å². The van der Waals surface area contributed by atoms with Crippen LogP contribution in [0, 0.1) is 0 Å². The predicted molar refractivity (Wildman–Crippen MR) is 76.4 cm³/mol. The number of anilines is 1. The summed E-state index contributed by atoms with van der Waals surface area (Å²) in [6, 6.07) is 4.74. The Balaban J connectivity index is 2.10. The van der Waals surface area contributed by atoms with E-state index in [1.54, 1.807) is 16.7 Å². The first kappa shape index (κ1) is 13.3. The molecule has 0 spiro atoms. The highest BCUT2D eigenvalue weighted by atomic mass is 35.5. The van der Waals surface area contributed by atoms with Crippen molar-refractivity contribution in [2.75, 3.05) is 5.73 Å². The monoisotopic (exact) mass is 303 g/mol. The maximum atomic E-state index is 11.3. The average Bonchev–Trinajstić information content (AvgIpc) is 2.94. The Labute approximate surface area is 124 Å². The van der Waals surface area contributed by atoms with E-state index in [9.17, 15) is 9.90 Å². The molecular weight excluding hydrogens is 294 g/mol. The largest absolute Gasteiger partial charge is 0.478 e. The first-order chi connectivity index (χ1) is 10.1. The lowest BCUT2D eigenvalue weighted by molar-refractivity contribution is 0.0695. The minimum absolute atomic E-state index is 0.138. The Morgan fingerprint density at radius 2 is 2.14 bits per heavy atom. The summed E-state index contributed by atoms with van der Waals surface area (Å²) in [5, 5.41) is 9.62. The van der Waals surface area contributed by atoms with E-state index in [2.05, 4.69) is 15.0 Å². The van der Waals surface area contributed by atoms with Crippen LogP contribution in [-0.2, 0) is 6.54 Å². The van der Waals surface area contributed by atoms with Gasteiger partial charge in [-0.1, -0.05) is 17.7 Å². The minimum Gasteiger partial charge on any atom is -0.478 e. The summed E-state index contributed by atoms with van der Waals surface area (Å²) in [7, 11) is 0. The van der Waals surface area contributed by atoms with E-state index in [1.165, 1.54) is 18.7 Å². The number of aromatic carboxylic acids is 1. The second-order valence-corrected chi connectivity index (χ2v) is 4.78. The Hall–Kier alpha value is -2.67. The summed E-state index contributed by atoms with van der Waals surface area (Å²) in [5.74, 6) is -0.239. The average molecular weight is 304 g/mol. The molecule has 8 heteroatoms. The molecule has 3 rings (SSSR count). The van der Waals surface area contributed by atoms with Gasteiger partial charge in [-0.3, -0.25) is 0 Å². The van der Waals surface area contributed by atoms with Gasteiger partial charge in [-0.2, -0.15) is 0 Å². The molecule has 0 saturated carbocycles. The predicted octanol–water partition coefficient (Wildman–Crippen LogP) is 1.76. The fourth-order valence-corrected chi connectivity index (χ4v) is 2.34. The molecule has 3 N–H and O–H groups in total. The van der Waals surface area contributed by atoms with Crippen LogP contribution in [0.1, 0.15) is 15.9 Å². The zero-order chi connectivity index (χ0) is 15.0. The van der Waals surface area contributed by atoms with Gasteiger partial charge in [-0.25, -0.2) is 19.7 Å². The van der Waals surface area contributed by atoms with E-state index in [-0.39, 0.29) is 17.9 Å². The third-order valence-electron chi connectivity index (χ3n) is 3.11. The highest BCUT2D eigenvalue weighted by Crippen LogP contribution is 2.26. The number of benzene rings is 1. The van der Waals surface area contributed by atoms with Gasteiger partial charge >= 0.3 is 5.97 Å². The van der Waals surface area contributed by atoms with Crippen LogP contribution in [0.4, 0.5) is 5.82 Å². The second kappa shape index (κ2) is 5.02. The van der Waals surface area contributed by atoms with Gasteiger partial charge in [0.05, 0.1) is 18.4 Å². The van der Waals surface area contributed by atoms with Crippen LogP contribution in [0.5, 0.6) is 0 Å². The van der Waals surface area contributed by atoms with Crippen LogP contribution in [0.25, 0.3) is 11.5 Å². The molecule has 1 aromatic carbocycles. The van der Waals surface area contributed by atoms with Crippen molar-refractivity contribution in [2.45, 2.75) is 6.54 Å². The number of carbonyl (C=O) groups is 1. The van der Waals surface area contributed by atoms with Crippen molar-refractivity contribution >= 4 is 23.4 Å². The number of hydrogen-bond donors (Lipinski definition) is 2. The molecule has 0 aromatic heterocycles. The first-order valence-corrected chi connectivity index (χ1v) is 6.37. The van der Waals surface area contributed by atoms with Crippen LogP contribution < -0.4 is 5.73 Å². The number of rotatable bonds is 3. The van der Waals surface area contributed by atoms with Crippen molar-refractivity contribution in [1.29, 1.82) is 0 Å². The molecule has 2 heterocycles. The van der Waals surface area contributed by atoms with Crippen molar-refractivity contribution in [3.05, 3.63) is 47.0 Å². The number of aromatic nitrogens is 4. The number of hydrogen-bond acceptors (Lipinski definition) is 5. The van der Waals surface area contributed by atoms with Crippen LogP contribution in [-0.4, -0.2) is 30.6 Å². The highest BCUT2D eigenvalue weighted by molar-refractivity contribution is 6.31. The molecule has 0 amide bonds. The maximum absolute atomic E-state index is 11.3. The third-order valence-corrected chi connectivity index (χ3v) is 3.46. The molecule has 2 aliphatic rings. The van der Waals surface area contributed by atoms with Crippen molar-refractivity contribution in [3.8, 4) is 11.5 Å². The Morgan fingerprint density at radius 3 is 2.90 bits per heavy atom. The summed E-state index contributed by atoms with van der Waals surface area (Å²) in [5.41, 5.74) is 6.81. The van der Waals surface area contributed by atoms with E-state index >= 15 is 0 Å². The summed E-state index contributed by atoms with van der Waals surface area (Å²) in [4.78, 5) is 23.5. The molecule has 0 aliphatic carbocycles. The fourth-order valence-electron chi connectivity index (χ4n) is 2.10. The molecule has 0 bridgehead atoms. The van der Waals surface area contributed by atoms with Gasteiger partial charge < -0.3 is 15.4 Å². The lowest BCUT2D eigenvalue weighted by atomic mass is 10.1. The van der Waals surface area contributed by atoms with Crippen molar-refractivity contribution in [3.63, 3.8) is 0 Å². The summed E-state index contributed by atoms with van der Waals surface area (Å²) >= 11 is 6.12. The smallest absolute Gasteiger partial charge is 0.336 e. The van der Waals surface area contributed by atoms with E-state index in [1.807, 2.05) is 0 Å². The van der Waals surface area contributed by atoms with Gasteiger partial charge in [0.2, 0.25) is 0 Å². The van der Waals surface area contributed by atoms with Crippen LogP contribution in [0.3, 0.4) is 0 Å². The Bertz CT molecular complexity index is 801. The summed E-state index contributed by atoms with van der Waals surface area (Å²) < 4.78 is 1.66. The minimum atomic E-state index is -1.04. The zero-order valence-electron chi connectivity index (χ0n) is 10.7. The van der Waals surface area contributed by atoms with Gasteiger partial charge in [0.1, 0.15) is 12.0 Å². The zero-order valence-corrected chi connectivity index (χ0v) is 11.4. The molecular formula is C13H10ClN5O2. The number of imidazole rings is 1. The van der Waals surface area contributed by atoms with Gasteiger partial charge in [0.25, 0.3) is 0 Å². The fraction of sp³-hybridized carbons (Fsp3) is 0.0769. The maximum Gasteiger partial charge on any atom is 0.336 e. The van der Waals surface area contributed by atoms with E-state index in [0.29, 0.717) is 22.1 Å². The number of carboxylic acid groups (broad SMARTS) is 1. The summed E-state index contributed by atoms with van der Waals surface area (Å²) in [6.07, 6.45) is 2.87. The number of nitrogen functional groups attached to an aromatic ring is 1. The molecule has 106 valence electrons. The van der Waals surface area contributed by atoms with E-state index in [0.717, 1.165) is 0 Å². The van der Waals surface area contributed by atoms with Crippen molar-refractivity contribution < 1.29 is 9.90 Å². The molecule has 21 heavy (non-hydrogen) atoms. The number of fused-ring (bicyclic) bond motifs is 1. The molecule has 2 aliphatic heterocycles. The molecule has 7 nitrogen and oxygen atoms in total. The van der Waals surface area contributed by atoms with E-state index < -0.39 is 5.97 Å². The van der Waals surface area contributed by atoms with Crippen LogP contribution in [0.15, 0.2) is 30.9 Å². The van der Waals surface area contributed by atoms with Gasteiger partial charge in [0, 0.05) is 10.6 Å². The lowest BCUT2D eigenvalue weighted by Gasteiger charge is -2.14. The molecule has 0 radical (unpaired) electrons. The van der Waals surface area contributed by atoms with Crippen molar-refractivity contribution in [1.82, 2.24) is 19.5 Å². The lowest BCUT2D eigenvalue weighted by Crippen LogP contribution is -2.12. The molecule has 0 saturated heterocycles. The van der Waals surface area contributed by atoms with Gasteiger partial charge in [0.15, 0.2) is 11.6 Å². The number of halogens is 1. The van der Waals surface area contributed by atoms with Crippen molar-refractivity contribution in [2.24, 2.45) is 0 Å². The number of carboxylic acids is 1. The highest BCUT2D eigenvalue weighted by Gasteiger charge is 2.18. The Morgan fingerprint density at radius 1 is 1.33 bits per heavy atom. The topological polar surface area (TPSA) is 107 Å². The second-order valence-electron chi connectivity index (χ2n) is 4.37. The van der Waals surface area contributed by atoms with Crippen LogP contribution in [0.2, 0.25) is 5.02 Å². The van der Waals surface area contributed by atoms with Gasteiger partial charge in [-0.15, -0.1) is 0 Å². The molecule has 0 fully saturated rings. The van der Waals surface area contributed by atoms with Gasteiger partial charge in [-0.05, 0) is 12.1 Å². The molecule has 0 unspecified atom stereocenters. The standard InChI is InChI=1S/C13H10ClN5O2/c14-9-3-1-2-7(13(20)21)8(9)4-19-6-18-11(15)10-12(19)17-5-16-10/h1-3,5-6H,4,15H2,(H,20,21). The quantitative estimate of drug-likeness (QED) is 0.763. The molecule has 0 atom stereocenters. The van der Waals surface area contributed by atoms with E-state index in [4.69, 9.17) is 17.3 Å². The molecule has 1 aromatic rings. The normalized spacial score (nSPS) is 10.9. The SMILES string of the molecule is Nc1ncn(Cc2c(Cl)cccc2C(=O)O)c2ncnc1-2. The Kier molecular flexibility index (Phi) is 3.19. The number of nitrogens with two attached hydrogens (primary N) is 1.